The fourth-order valence-corrected chi connectivity index (χ4v) is 2.11. The second-order valence-corrected chi connectivity index (χ2v) is 4.27. The van der Waals surface area contributed by atoms with E-state index in [1.807, 2.05) is 12.3 Å². The molecule has 1 aliphatic rings. The minimum absolute atomic E-state index is 0.357. The summed E-state index contributed by atoms with van der Waals surface area (Å²) in [5.41, 5.74) is 0.868. The van der Waals surface area contributed by atoms with Gasteiger partial charge >= 0.3 is 0 Å². The van der Waals surface area contributed by atoms with Crippen LogP contribution in [0.2, 0.25) is 0 Å². The molecule has 1 aromatic heterocycles. The lowest BCUT2D eigenvalue weighted by Crippen LogP contribution is -2.12. The lowest BCUT2D eigenvalue weighted by molar-refractivity contribution is 0.120. The Morgan fingerprint density at radius 2 is 2.50 bits per heavy atom. The van der Waals surface area contributed by atoms with Gasteiger partial charge in [0.2, 0.25) is 0 Å². The number of pyridine rings is 1. The number of hydrogen-bond donors (Lipinski definition) is 1. The fraction of sp³-hybridized carbons (Fsp3) is 0.583. The Labute approximate surface area is 85.0 Å². The van der Waals surface area contributed by atoms with Crippen molar-refractivity contribution in [2.75, 3.05) is 0 Å². The molecule has 2 heteroatoms. The van der Waals surface area contributed by atoms with Crippen LogP contribution in [-0.2, 0) is 6.42 Å². The summed E-state index contributed by atoms with van der Waals surface area (Å²) in [4.78, 5) is 4.06. The third kappa shape index (κ3) is 1.95. The summed E-state index contributed by atoms with van der Waals surface area (Å²) in [6, 6.07) is 4.02. The number of aliphatic hydroxyl groups is 1. The summed E-state index contributed by atoms with van der Waals surface area (Å²) in [6.07, 6.45) is 7.59. The third-order valence-electron chi connectivity index (χ3n) is 3.26. The van der Waals surface area contributed by atoms with Crippen molar-refractivity contribution in [1.29, 1.82) is 0 Å². The SMILES string of the molecule is CCC1CC1(O)CCc1cccnc1. The standard InChI is InChI=1S/C12H17NO/c1-2-11-8-12(11,14)6-5-10-4-3-7-13-9-10/h3-4,7,9,11,14H,2,5-6,8H2,1H3. The Hall–Kier alpha value is -0.890. The van der Waals surface area contributed by atoms with Gasteiger partial charge in [-0.3, -0.25) is 4.98 Å². The Kier molecular flexibility index (Phi) is 2.55. The molecule has 2 nitrogen and oxygen atoms in total. The van der Waals surface area contributed by atoms with Gasteiger partial charge in [0.05, 0.1) is 5.60 Å². The minimum Gasteiger partial charge on any atom is -0.390 e. The molecule has 0 spiro atoms. The van der Waals surface area contributed by atoms with E-state index < -0.39 is 0 Å². The van der Waals surface area contributed by atoms with E-state index in [1.165, 1.54) is 5.56 Å². The Morgan fingerprint density at radius 1 is 1.64 bits per heavy atom. The molecule has 14 heavy (non-hydrogen) atoms. The normalized spacial score (nSPS) is 30.3. The second kappa shape index (κ2) is 3.70. The molecular weight excluding hydrogens is 174 g/mol. The van der Waals surface area contributed by atoms with Crippen molar-refractivity contribution in [3.8, 4) is 0 Å². The smallest absolute Gasteiger partial charge is 0.0683 e. The van der Waals surface area contributed by atoms with Gasteiger partial charge in [-0.15, -0.1) is 0 Å². The van der Waals surface area contributed by atoms with Crippen LogP contribution in [0.15, 0.2) is 24.5 Å². The first-order valence-corrected chi connectivity index (χ1v) is 5.36. The molecule has 1 aliphatic carbocycles. The van der Waals surface area contributed by atoms with Gasteiger partial charge in [0, 0.05) is 12.4 Å². The molecule has 0 aliphatic heterocycles. The Bertz CT molecular complexity index is 298. The summed E-state index contributed by atoms with van der Waals surface area (Å²) in [5.74, 6) is 0.541. The summed E-state index contributed by atoms with van der Waals surface area (Å²) < 4.78 is 0. The Morgan fingerprint density at radius 3 is 3.07 bits per heavy atom. The summed E-state index contributed by atoms with van der Waals surface area (Å²) >= 11 is 0. The van der Waals surface area contributed by atoms with E-state index in [-0.39, 0.29) is 5.60 Å². The van der Waals surface area contributed by atoms with Crippen molar-refractivity contribution < 1.29 is 5.11 Å². The molecule has 0 bridgehead atoms. The van der Waals surface area contributed by atoms with Crippen LogP contribution in [0.4, 0.5) is 0 Å². The largest absolute Gasteiger partial charge is 0.390 e. The number of hydrogen-bond acceptors (Lipinski definition) is 2. The third-order valence-corrected chi connectivity index (χ3v) is 3.26. The highest BCUT2D eigenvalue weighted by Crippen LogP contribution is 2.48. The molecule has 2 atom stereocenters. The molecule has 1 aromatic rings. The van der Waals surface area contributed by atoms with Gasteiger partial charge in [-0.25, -0.2) is 0 Å². The van der Waals surface area contributed by atoms with Crippen LogP contribution in [0, 0.1) is 5.92 Å². The first-order chi connectivity index (χ1) is 6.74. The maximum Gasteiger partial charge on any atom is 0.0683 e. The number of nitrogens with zero attached hydrogens (tertiary/aromatic N) is 1. The average Bonchev–Trinajstić information content (AvgIpc) is 2.89. The topological polar surface area (TPSA) is 33.1 Å². The van der Waals surface area contributed by atoms with E-state index in [0.717, 1.165) is 25.7 Å². The van der Waals surface area contributed by atoms with E-state index in [2.05, 4.69) is 18.0 Å². The van der Waals surface area contributed by atoms with Crippen LogP contribution < -0.4 is 0 Å². The van der Waals surface area contributed by atoms with Gasteiger partial charge in [0.25, 0.3) is 0 Å². The van der Waals surface area contributed by atoms with Crippen LogP contribution in [0.3, 0.4) is 0 Å². The van der Waals surface area contributed by atoms with Crippen LogP contribution in [0.1, 0.15) is 31.7 Å². The molecule has 0 amide bonds. The lowest BCUT2D eigenvalue weighted by atomic mass is 10.1. The lowest BCUT2D eigenvalue weighted by Gasteiger charge is -2.08. The van der Waals surface area contributed by atoms with E-state index in [9.17, 15) is 5.11 Å². The van der Waals surface area contributed by atoms with E-state index >= 15 is 0 Å². The van der Waals surface area contributed by atoms with Crippen molar-refractivity contribution in [2.24, 2.45) is 5.92 Å². The van der Waals surface area contributed by atoms with Crippen LogP contribution in [0.25, 0.3) is 0 Å². The predicted molar refractivity (Wildman–Crippen MR) is 55.9 cm³/mol. The van der Waals surface area contributed by atoms with E-state index in [4.69, 9.17) is 0 Å². The highest BCUT2D eigenvalue weighted by molar-refractivity contribution is 5.11. The highest BCUT2D eigenvalue weighted by Gasteiger charge is 2.50. The van der Waals surface area contributed by atoms with Crippen molar-refractivity contribution in [2.45, 2.75) is 38.2 Å². The molecule has 0 aromatic carbocycles. The molecule has 1 saturated carbocycles. The van der Waals surface area contributed by atoms with Crippen LogP contribution in [-0.4, -0.2) is 15.7 Å². The van der Waals surface area contributed by atoms with Gasteiger partial charge < -0.3 is 5.11 Å². The van der Waals surface area contributed by atoms with Crippen LogP contribution >= 0.6 is 0 Å². The summed E-state index contributed by atoms with van der Waals surface area (Å²) in [5, 5.41) is 10.0. The van der Waals surface area contributed by atoms with Gasteiger partial charge in [-0.1, -0.05) is 19.4 Å². The van der Waals surface area contributed by atoms with Gasteiger partial charge in [-0.05, 0) is 36.8 Å². The zero-order valence-corrected chi connectivity index (χ0v) is 8.61. The maximum atomic E-state index is 10.0. The quantitative estimate of drug-likeness (QED) is 0.791. The Balaban J connectivity index is 1.84. The first kappa shape index (κ1) is 9.66. The summed E-state index contributed by atoms with van der Waals surface area (Å²) in [7, 11) is 0. The highest BCUT2D eigenvalue weighted by atomic mass is 16.3. The van der Waals surface area contributed by atoms with Crippen molar-refractivity contribution in [3.63, 3.8) is 0 Å². The van der Waals surface area contributed by atoms with Crippen molar-refractivity contribution in [1.82, 2.24) is 4.98 Å². The molecule has 2 unspecified atom stereocenters. The zero-order chi connectivity index (χ0) is 10.0. The predicted octanol–water partition coefficient (Wildman–Crippen LogP) is 2.18. The maximum absolute atomic E-state index is 10.0. The molecule has 2 rings (SSSR count). The van der Waals surface area contributed by atoms with Crippen LogP contribution in [0.5, 0.6) is 0 Å². The minimum atomic E-state index is -0.357. The zero-order valence-electron chi connectivity index (χ0n) is 8.61. The van der Waals surface area contributed by atoms with E-state index in [1.54, 1.807) is 6.20 Å². The number of rotatable bonds is 4. The molecule has 0 saturated heterocycles. The molecule has 1 N–H and O–H groups in total. The first-order valence-electron chi connectivity index (χ1n) is 5.36. The molecule has 1 heterocycles. The van der Waals surface area contributed by atoms with Gasteiger partial charge in [0.1, 0.15) is 0 Å². The monoisotopic (exact) mass is 191 g/mol. The number of aromatic nitrogens is 1. The number of aryl methyl sites for hydroxylation is 1. The van der Waals surface area contributed by atoms with Gasteiger partial charge in [0.15, 0.2) is 0 Å². The van der Waals surface area contributed by atoms with Crippen molar-refractivity contribution in [3.05, 3.63) is 30.1 Å². The molecular formula is C12H17NO. The van der Waals surface area contributed by atoms with Crippen molar-refractivity contribution >= 4 is 0 Å². The average molecular weight is 191 g/mol. The van der Waals surface area contributed by atoms with E-state index in [0.29, 0.717) is 5.92 Å². The fourth-order valence-electron chi connectivity index (χ4n) is 2.11. The van der Waals surface area contributed by atoms with Gasteiger partial charge in [-0.2, -0.15) is 0 Å². The second-order valence-electron chi connectivity index (χ2n) is 4.27. The molecule has 0 radical (unpaired) electrons. The molecule has 1 fully saturated rings. The summed E-state index contributed by atoms with van der Waals surface area (Å²) in [6.45, 7) is 2.15. The molecule has 76 valence electrons.